The molecule has 0 bridgehead atoms. The Morgan fingerprint density at radius 3 is 2.31 bits per heavy atom. The molecule has 36 heavy (non-hydrogen) atoms. The van der Waals surface area contributed by atoms with Gasteiger partial charge >= 0.3 is 0 Å². The van der Waals surface area contributed by atoms with Gasteiger partial charge in [-0.2, -0.15) is 0 Å². The lowest BCUT2D eigenvalue weighted by atomic mass is 9.75. The highest BCUT2D eigenvalue weighted by Crippen LogP contribution is 2.48. The fraction of sp³-hybridized carbons (Fsp3) is 0.286. The maximum absolute atomic E-state index is 14.0. The van der Waals surface area contributed by atoms with Crippen molar-refractivity contribution >= 4 is 17.5 Å². The molecule has 8 heteroatoms. The molecule has 0 aliphatic carbocycles. The van der Waals surface area contributed by atoms with Crippen LogP contribution in [0.4, 0.5) is 5.69 Å². The second kappa shape index (κ2) is 9.45. The van der Waals surface area contributed by atoms with Crippen LogP contribution in [0, 0.1) is 0 Å². The predicted octanol–water partition coefficient (Wildman–Crippen LogP) is 4.20. The van der Waals surface area contributed by atoms with E-state index in [1.165, 1.54) is 7.11 Å². The molecule has 2 aliphatic heterocycles. The molecule has 0 aromatic heterocycles. The topological polar surface area (TPSA) is 86.3 Å². The van der Waals surface area contributed by atoms with Gasteiger partial charge in [-0.25, -0.2) is 0 Å². The Balaban J connectivity index is 1.63. The molecule has 0 saturated carbocycles. The summed E-state index contributed by atoms with van der Waals surface area (Å²) in [5.41, 5.74) is 3.66. The summed E-state index contributed by atoms with van der Waals surface area (Å²) in [6.07, 6.45) is 0.654. The summed E-state index contributed by atoms with van der Waals surface area (Å²) in [5, 5.41) is 3.04. The zero-order chi connectivity index (χ0) is 25.4. The van der Waals surface area contributed by atoms with Crippen LogP contribution < -0.4 is 24.3 Å². The smallest absolute Gasteiger partial charge is 0.254 e. The third kappa shape index (κ3) is 3.79. The fourth-order valence-electron chi connectivity index (χ4n) is 5.25. The number of hydrogen-bond acceptors (Lipinski definition) is 6. The van der Waals surface area contributed by atoms with Gasteiger partial charge in [0, 0.05) is 18.2 Å². The average Bonchev–Trinajstić information content (AvgIpc) is 2.92. The molecular formula is C28H28N2O6. The van der Waals surface area contributed by atoms with E-state index in [1.54, 1.807) is 50.5 Å². The highest BCUT2D eigenvalue weighted by atomic mass is 16.5. The number of benzene rings is 3. The number of ether oxygens (including phenoxy) is 4. The van der Waals surface area contributed by atoms with Crippen molar-refractivity contribution in [2.24, 2.45) is 0 Å². The summed E-state index contributed by atoms with van der Waals surface area (Å²) in [7, 11) is 6.28. The maximum atomic E-state index is 14.0. The summed E-state index contributed by atoms with van der Waals surface area (Å²) in [6, 6.07) is 15.9. The molecule has 186 valence electrons. The zero-order valence-corrected chi connectivity index (χ0v) is 20.7. The Bertz CT molecular complexity index is 1340. The van der Waals surface area contributed by atoms with Gasteiger partial charge in [0.2, 0.25) is 5.91 Å². The van der Waals surface area contributed by atoms with E-state index in [0.717, 1.165) is 11.1 Å². The standard InChI is InChI=1S/C28H28N2O6/c1-33-17-9-10-21(22(14-17)34-2)29-27(31)25-18-7-5-6-8-19(18)28(32)30-12-11-16-13-23(35-3)24(36-4)15-20(16)26(25)30/h5-10,13-15,25-26H,11-12H2,1-4H3,(H,29,31)/t25-,26-/m0/s1. The van der Waals surface area contributed by atoms with E-state index in [1.807, 2.05) is 30.3 Å². The highest BCUT2D eigenvalue weighted by Gasteiger charge is 2.46. The number of anilines is 1. The quantitative estimate of drug-likeness (QED) is 0.560. The van der Waals surface area contributed by atoms with Crippen LogP contribution in [-0.2, 0) is 11.2 Å². The Kier molecular flexibility index (Phi) is 6.18. The van der Waals surface area contributed by atoms with Crippen molar-refractivity contribution in [3.8, 4) is 23.0 Å². The minimum atomic E-state index is -0.650. The summed E-state index contributed by atoms with van der Waals surface area (Å²) in [6.45, 7) is 0.496. The molecule has 2 atom stereocenters. The van der Waals surface area contributed by atoms with Crippen LogP contribution in [0.25, 0.3) is 0 Å². The Hall–Kier alpha value is -4.20. The lowest BCUT2D eigenvalue weighted by Crippen LogP contribution is -2.49. The zero-order valence-electron chi connectivity index (χ0n) is 20.7. The molecular weight excluding hydrogens is 460 g/mol. The molecule has 3 aromatic rings. The summed E-state index contributed by atoms with van der Waals surface area (Å²) in [4.78, 5) is 29.3. The molecule has 5 rings (SSSR count). The van der Waals surface area contributed by atoms with Gasteiger partial charge in [-0.05, 0) is 53.4 Å². The van der Waals surface area contributed by atoms with E-state index < -0.39 is 12.0 Å². The van der Waals surface area contributed by atoms with Crippen molar-refractivity contribution in [2.75, 3.05) is 40.3 Å². The minimum absolute atomic E-state index is 0.0814. The van der Waals surface area contributed by atoms with E-state index in [2.05, 4.69) is 5.32 Å². The van der Waals surface area contributed by atoms with Crippen LogP contribution in [0.5, 0.6) is 23.0 Å². The number of hydrogen-bond donors (Lipinski definition) is 1. The molecule has 2 heterocycles. The lowest BCUT2D eigenvalue weighted by Gasteiger charge is -2.45. The number of fused-ring (bicyclic) bond motifs is 4. The predicted molar refractivity (Wildman–Crippen MR) is 134 cm³/mol. The number of nitrogens with zero attached hydrogens (tertiary/aromatic N) is 1. The molecule has 0 radical (unpaired) electrons. The molecule has 0 spiro atoms. The maximum Gasteiger partial charge on any atom is 0.254 e. The second-order valence-corrected chi connectivity index (χ2v) is 8.72. The highest BCUT2D eigenvalue weighted by molar-refractivity contribution is 6.05. The number of nitrogens with one attached hydrogen (secondary N) is 1. The summed E-state index contributed by atoms with van der Waals surface area (Å²) in [5.74, 6) is 1.31. The van der Waals surface area contributed by atoms with Gasteiger partial charge in [-0.3, -0.25) is 9.59 Å². The molecule has 8 nitrogen and oxygen atoms in total. The van der Waals surface area contributed by atoms with Crippen molar-refractivity contribution in [2.45, 2.75) is 18.4 Å². The monoisotopic (exact) mass is 488 g/mol. The molecule has 1 N–H and O–H groups in total. The first-order chi connectivity index (χ1) is 17.5. The molecule has 0 fully saturated rings. The van der Waals surface area contributed by atoms with Crippen molar-refractivity contribution in [3.63, 3.8) is 0 Å². The van der Waals surface area contributed by atoms with Crippen molar-refractivity contribution in [3.05, 3.63) is 76.9 Å². The van der Waals surface area contributed by atoms with Gasteiger partial charge in [-0.15, -0.1) is 0 Å². The van der Waals surface area contributed by atoms with Gasteiger partial charge in [-0.1, -0.05) is 18.2 Å². The largest absolute Gasteiger partial charge is 0.497 e. The third-order valence-corrected chi connectivity index (χ3v) is 6.97. The summed E-state index contributed by atoms with van der Waals surface area (Å²) >= 11 is 0. The molecule has 2 amide bonds. The Labute approximate surface area is 209 Å². The number of methoxy groups -OCH3 is 4. The Morgan fingerprint density at radius 2 is 1.58 bits per heavy atom. The van der Waals surface area contributed by atoms with E-state index in [-0.39, 0.29) is 11.8 Å². The average molecular weight is 489 g/mol. The van der Waals surface area contributed by atoms with Gasteiger partial charge in [0.05, 0.1) is 46.1 Å². The number of rotatable bonds is 6. The van der Waals surface area contributed by atoms with E-state index in [0.29, 0.717) is 52.8 Å². The minimum Gasteiger partial charge on any atom is -0.497 e. The first kappa shape index (κ1) is 23.5. The van der Waals surface area contributed by atoms with Gasteiger partial charge in [0.1, 0.15) is 11.5 Å². The first-order valence-corrected chi connectivity index (χ1v) is 11.7. The second-order valence-electron chi connectivity index (χ2n) is 8.72. The lowest BCUT2D eigenvalue weighted by molar-refractivity contribution is -0.119. The van der Waals surface area contributed by atoms with Crippen LogP contribution >= 0.6 is 0 Å². The van der Waals surface area contributed by atoms with Gasteiger partial charge in [0.15, 0.2) is 11.5 Å². The van der Waals surface area contributed by atoms with Crippen molar-refractivity contribution < 1.29 is 28.5 Å². The number of carbonyl (C=O) groups is 2. The molecule has 3 aromatic carbocycles. The van der Waals surface area contributed by atoms with Crippen LogP contribution in [0.15, 0.2) is 54.6 Å². The normalized spacial score (nSPS) is 17.9. The fourth-order valence-corrected chi connectivity index (χ4v) is 5.25. The van der Waals surface area contributed by atoms with Crippen LogP contribution in [0.1, 0.15) is 39.0 Å². The summed E-state index contributed by atoms with van der Waals surface area (Å²) < 4.78 is 21.8. The van der Waals surface area contributed by atoms with E-state index in [4.69, 9.17) is 18.9 Å². The SMILES string of the molecule is COc1ccc(NC(=O)[C@H]2c3ccccc3C(=O)N3CCc4cc(OC)c(OC)cc4[C@@H]23)c(OC)c1. The van der Waals surface area contributed by atoms with E-state index in [9.17, 15) is 9.59 Å². The molecule has 2 aliphatic rings. The first-order valence-electron chi connectivity index (χ1n) is 11.7. The van der Waals surface area contributed by atoms with Gasteiger partial charge in [0.25, 0.3) is 5.91 Å². The molecule has 0 saturated heterocycles. The number of carbonyl (C=O) groups excluding carboxylic acids is 2. The van der Waals surface area contributed by atoms with Crippen LogP contribution in [-0.4, -0.2) is 51.7 Å². The third-order valence-electron chi connectivity index (χ3n) is 6.97. The van der Waals surface area contributed by atoms with E-state index >= 15 is 0 Å². The van der Waals surface area contributed by atoms with Crippen LogP contribution in [0.3, 0.4) is 0 Å². The van der Waals surface area contributed by atoms with Crippen molar-refractivity contribution in [1.29, 1.82) is 0 Å². The molecule has 0 unspecified atom stereocenters. The van der Waals surface area contributed by atoms with Crippen molar-refractivity contribution in [1.82, 2.24) is 4.90 Å². The Morgan fingerprint density at radius 1 is 0.861 bits per heavy atom. The van der Waals surface area contributed by atoms with Crippen LogP contribution in [0.2, 0.25) is 0 Å². The van der Waals surface area contributed by atoms with Gasteiger partial charge < -0.3 is 29.2 Å². The number of amides is 2.